The zero-order valence-corrected chi connectivity index (χ0v) is 9.15. The molecule has 2 rings (SSSR count). The van der Waals surface area contributed by atoms with E-state index >= 15 is 0 Å². The van der Waals surface area contributed by atoms with Gasteiger partial charge in [-0.1, -0.05) is 13.0 Å². The van der Waals surface area contributed by atoms with Gasteiger partial charge in [0.25, 0.3) is 0 Å². The average Bonchev–Trinajstić information content (AvgIpc) is 2.52. The highest BCUT2D eigenvalue weighted by molar-refractivity contribution is 7.23. The molecule has 0 atom stereocenters. The Morgan fingerprint density at radius 3 is 2.86 bits per heavy atom. The third-order valence-electron chi connectivity index (χ3n) is 2.38. The molecule has 0 radical (unpaired) electrons. The van der Waals surface area contributed by atoms with Crippen LogP contribution in [0, 0.1) is 0 Å². The van der Waals surface area contributed by atoms with Crippen molar-refractivity contribution < 1.29 is 4.74 Å². The number of hydrogen-bond acceptors (Lipinski definition) is 3. The summed E-state index contributed by atoms with van der Waals surface area (Å²) >= 11 is 1.63. The lowest BCUT2D eigenvalue weighted by Crippen LogP contribution is -1.89. The molecule has 0 bridgehead atoms. The standard InChI is InChI=1S/C11H13NOS/c1-3-7-10-8(13-2)5-4-6-9(10)14-11(7)12/h4-6H,3,12H2,1-2H3. The lowest BCUT2D eigenvalue weighted by Gasteiger charge is -2.03. The topological polar surface area (TPSA) is 35.2 Å². The fraction of sp³-hybridized carbons (Fsp3) is 0.273. The first kappa shape index (κ1) is 9.34. The van der Waals surface area contributed by atoms with Crippen molar-refractivity contribution in [3.63, 3.8) is 0 Å². The molecular formula is C11H13NOS. The van der Waals surface area contributed by atoms with Gasteiger partial charge in [0.05, 0.1) is 12.1 Å². The van der Waals surface area contributed by atoms with E-state index in [0.717, 1.165) is 17.2 Å². The zero-order valence-electron chi connectivity index (χ0n) is 8.33. The van der Waals surface area contributed by atoms with Crippen molar-refractivity contribution in [1.82, 2.24) is 0 Å². The number of ether oxygens (including phenoxy) is 1. The molecule has 0 aliphatic rings. The Bertz CT molecular complexity index is 462. The Morgan fingerprint density at radius 2 is 2.21 bits per heavy atom. The molecule has 0 aliphatic heterocycles. The third-order valence-corrected chi connectivity index (χ3v) is 3.41. The van der Waals surface area contributed by atoms with Gasteiger partial charge in [0.2, 0.25) is 0 Å². The third kappa shape index (κ3) is 1.24. The van der Waals surface area contributed by atoms with Crippen LogP contribution in [0.5, 0.6) is 5.75 Å². The van der Waals surface area contributed by atoms with Gasteiger partial charge in [-0.05, 0) is 24.1 Å². The molecule has 74 valence electrons. The molecule has 2 N–H and O–H groups in total. The molecule has 2 aromatic rings. The number of benzene rings is 1. The molecule has 3 heteroatoms. The fourth-order valence-electron chi connectivity index (χ4n) is 1.72. The van der Waals surface area contributed by atoms with Gasteiger partial charge < -0.3 is 10.5 Å². The number of nitrogens with two attached hydrogens (primary N) is 1. The van der Waals surface area contributed by atoms with E-state index in [4.69, 9.17) is 10.5 Å². The Hall–Kier alpha value is -1.22. The van der Waals surface area contributed by atoms with Crippen molar-refractivity contribution in [3.8, 4) is 5.75 Å². The van der Waals surface area contributed by atoms with Crippen LogP contribution in [0.15, 0.2) is 18.2 Å². The molecule has 1 aromatic carbocycles. The van der Waals surface area contributed by atoms with Crippen LogP contribution in [0.2, 0.25) is 0 Å². The van der Waals surface area contributed by atoms with Gasteiger partial charge in [-0.3, -0.25) is 0 Å². The molecule has 2 nitrogen and oxygen atoms in total. The van der Waals surface area contributed by atoms with Crippen LogP contribution >= 0.6 is 11.3 Å². The molecule has 1 heterocycles. The lowest BCUT2D eigenvalue weighted by molar-refractivity contribution is 0.419. The number of nitrogen functional groups attached to an aromatic ring is 1. The Morgan fingerprint density at radius 1 is 1.43 bits per heavy atom. The number of fused-ring (bicyclic) bond motifs is 1. The minimum absolute atomic E-state index is 0.909. The summed E-state index contributed by atoms with van der Waals surface area (Å²) in [6, 6.07) is 6.06. The van der Waals surface area contributed by atoms with Crippen molar-refractivity contribution >= 4 is 26.4 Å². The van der Waals surface area contributed by atoms with Gasteiger partial charge in [-0.25, -0.2) is 0 Å². The molecule has 14 heavy (non-hydrogen) atoms. The highest BCUT2D eigenvalue weighted by atomic mass is 32.1. The van der Waals surface area contributed by atoms with Crippen LogP contribution in [0.3, 0.4) is 0 Å². The highest BCUT2D eigenvalue weighted by Gasteiger charge is 2.11. The first-order valence-corrected chi connectivity index (χ1v) is 5.43. The number of aryl methyl sites for hydroxylation is 1. The first-order chi connectivity index (χ1) is 6.77. The summed E-state index contributed by atoms with van der Waals surface area (Å²) in [7, 11) is 1.70. The Kier molecular flexibility index (Phi) is 2.33. The molecule has 0 unspecified atom stereocenters. The summed E-state index contributed by atoms with van der Waals surface area (Å²) in [6.45, 7) is 2.12. The summed E-state index contributed by atoms with van der Waals surface area (Å²) in [4.78, 5) is 0. The van der Waals surface area contributed by atoms with Crippen LogP contribution in [0.25, 0.3) is 10.1 Å². The van der Waals surface area contributed by atoms with Gasteiger partial charge in [-0.2, -0.15) is 0 Å². The number of methoxy groups -OCH3 is 1. The van der Waals surface area contributed by atoms with Crippen LogP contribution in [-0.4, -0.2) is 7.11 Å². The van der Waals surface area contributed by atoms with Crippen molar-refractivity contribution in [2.45, 2.75) is 13.3 Å². The molecule has 0 fully saturated rings. The summed E-state index contributed by atoms with van der Waals surface area (Å²) in [5.41, 5.74) is 7.16. The fourth-order valence-corrected chi connectivity index (χ4v) is 2.80. The number of thiophene rings is 1. The predicted molar refractivity (Wildman–Crippen MR) is 62.2 cm³/mol. The summed E-state index contributed by atoms with van der Waals surface area (Å²) in [6.07, 6.45) is 0.951. The van der Waals surface area contributed by atoms with E-state index in [0.29, 0.717) is 0 Å². The SMILES string of the molecule is CCc1c(N)sc2cccc(OC)c12. The largest absolute Gasteiger partial charge is 0.496 e. The maximum atomic E-state index is 5.95. The normalized spacial score (nSPS) is 10.7. The van der Waals surface area contributed by atoms with E-state index in [1.54, 1.807) is 18.4 Å². The summed E-state index contributed by atoms with van der Waals surface area (Å²) in [5.74, 6) is 0.923. The van der Waals surface area contributed by atoms with Crippen molar-refractivity contribution in [2.75, 3.05) is 12.8 Å². The molecular weight excluding hydrogens is 194 g/mol. The van der Waals surface area contributed by atoms with Crippen molar-refractivity contribution in [1.29, 1.82) is 0 Å². The monoisotopic (exact) mass is 207 g/mol. The van der Waals surface area contributed by atoms with Gasteiger partial charge in [-0.15, -0.1) is 11.3 Å². The number of rotatable bonds is 2. The van der Waals surface area contributed by atoms with E-state index in [1.165, 1.54) is 15.6 Å². The predicted octanol–water partition coefficient (Wildman–Crippen LogP) is 3.05. The van der Waals surface area contributed by atoms with E-state index in [1.807, 2.05) is 12.1 Å². The van der Waals surface area contributed by atoms with Crippen LogP contribution < -0.4 is 10.5 Å². The quantitative estimate of drug-likeness (QED) is 0.821. The summed E-state index contributed by atoms with van der Waals surface area (Å²) < 4.78 is 6.54. The second kappa shape index (κ2) is 3.50. The van der Waals surface area contributed by atoms with E-state index in [2.05, 4.69) is 13.0 Å². The average molecular weight is 207 g/mol. The summed E-state index contributed by atoms with van der Waals surface area (Å²) in [5, 5.41) is 2.09. The van der Waals surface area contributed by atoms with Gasteiger partial charge in [0, 0.05) is 10.1 Å². The number of anilines is 1. The maximum Gasteiger partial charge on any atom is 0.127 e. The van der Waals surface area contributed by atoms with Crippen LogP contribution in [0.1, 0.15) is 12.5 Å². The first-order valence-electron chi connectivity index (χ1n) is 4.61. The smallest absolute Gasteiger partial charge is 0.127 e. The molecule has 0 spiro atoms. The zero-order chi connectivity index (χ0) is 10.1. The maximum absolute atomic E-state index is 5.95. The van der Waals surface area contributed by atoms with E-state index in [9.17, 15) is 0 Å². The van der Waals surface area contributed by atoms with E-state index in [-0.39, 0.29) is 0 Å². The van der Waals surface area contributed by atoms with Gasteiger partial charge in [0.15, 0.2) is 0 Å². The van der Waals surface area contributed by atoms with Crippen molar-refractivity contribution in [2.24, 2.45) is 0 Å². The second-order valence-corrected chi connectivity index (χ2v) is 4.22. The van der Waals surface area contributed by atoms with Crippen LogP contribution in [-0.2, 0) is 6.42 Å². The lowest BCUT2D eigenvalue weighted by atomic mass is 10.1. The van der Waals surface area contributed by atoms with Crippen molar-refractivity contribution in [3.05, 3.63) is 23.8 Å². The Balaban J connectivity index is 2.82. The second-order valence-electron chi connectivity index (χ2n) is 3.13. The minimum atomic E-state index is 0.909. The van der Waals surface area contributed by atoms with E-state index < -0.39 is 0 Å². The Labute approximate surface area is 87.3 Å². The molecule has 1 aromatic heterocycles. The van der Waals surface area contributed by atoms with Gasteiger partial charge >= 0.3 is 0 Å². The highest BCUT2D eigenvalue weighted by Crippen LogP contribution is 2.39. The molecule has 0 saturated heterocycles. The molecule has 0 aliphatic carbocycles. The molecule has 0 amide bonds. The molecule has 0 saturated carbocycles. The van der Waals surface area contributed by atoms with Gasteiger partial charge in [0.1, 0.15) is 5.75 Å². The number of hydrogen-bond donors (Lipinski definition) is 1. The van der Waals surface area contributed by atoms with Crippen LogP contribution in [0.4, 0.5) is 5.00 Å². The minimum Gasteiger partial charge on any atom is -0.496 e.